The lowest BCUT2D eigenvalue weighted by Crippen LogP contribution is -2.41. The minimum Gasteiger partial charge on any atom is -0.273 e. The first-order valence-electron chi connectivity index (χ1n) is 8.68. The second kappa shape index (κ2) is 9.01. The molecule has 7 heteroatoms. The van der Waals surface area contributed by atoms with E-state index >= 15 is 0 Å². The van der Waals surface area contributed by atoms with E-state index in [4.69, 9.17) is 0 Å². The number of hydrogen-bond donors (Lipinski definition) is 2. The van der Waals surface area contributed by atoms with Gasteiger partial charge in [-0.3, -0.25) is 20.4 Å². The van der Waals surface area contributed by atoms with Crippen LogP contribution in [0, 0.1) is 5.92 Å². The van der Waals surface area contributed by atoms with Crippen LogP contribution in [-0.2, 0) is 10.5 Å². The van der Waals surface area contributed by atoms with Crippen LogP contribution in [0.15, 0.2) is 52.9 Å². The molecule has 140 valence electrons. The molecule has 1 aromatic heterocycles. The summed E-state index contributed by atoms with van der Waals surface area (Å²) in [5.41, 5.74) is 7.52. The Bertz CT molecular complexity index is 903. The van der Waals surface area contributed by atoms with Crippen LogP contribution in [0.25, 0.3) is 10.2 Å². The van der Waals surface area contributed by atoms with Crippen molar-refractivity contribution in [3.8, 4) is 0 Å². The second-order valence-electron chi connectivity index (χ2n) is 6.53. The van der Waals surface area contributed by atoms with Crippen LogP contribution in [0.5, 0.6) is 0 Å². The highest BCUT2D eigenvalue weighted by atomic mass is 32.2. The lowest BCUT2D eigenvalue weighted by molar-refractivity contribution is -0.122. The molecule has 0 atom stereocenters. The van der Waals surface area contributed by atoms with Gasteiger partial charge in [0.25, 0.3) is 5.91 Å². The maximum absolute atomic E-state index is 12.1. The fourth-order valence-electron chi connectivity index (χ4n) is 2.43. The molecular weight excluding hydrogens is 378 g/mol. The molecule has 2 aromatic carbocycles. The number of rotatable bonds is 6. The fraction of sp³-hybridized carbons (Fsp3) is 0.250. The molecule has 2 N–H and O–H groups in total. The zero-order chi connectivity index (χ0) is 19.2. The number of carbonyl (C=O) groups is 2. The fourth-order valence-corrected chi connectivity index (χ4v) is 4.45. The van der Waals surface area contributed by atoms with Crippen molar-refractivity contribution in [3.63, 3.8) is 0 Å². The van der Waals surface area contributed by atoms with Gasteiger partial charge in [0.05, 0.1) is 10.2 Å². The number of nitrogens with zero attached hydrogens (tertiary/aromatic N) is 1. The minimum atomic E-state index is -0.322. The van der Waals surface area contributed by atoms with Gasteiger partial charge in [-0.05, 0) is 35.7 Å². The first-order valence-corrected chi connectivity index (χ1v) is 10.5. The number of amides is 2. The zero-order valence-corrected chi connectivity index (χ0v) is 16.8. The summed E-state index contributed by atoms with van der Waals surface area (Å²) >= 11 is 3.37. The topological polar surface area (TPSA) is 71.1 Å². The summed E-state index contributed by atoms with van der Waals surface area (Å²) in [5.74, 6) is 0.515. The smallest absolute Gasteiger partial charge is 0.269 e. The number of hydrazine groups is 1. The van der Waals surface area contributed by atoms with Crippen molar-refractivity contribution in [1.29, 1.82) is 0 Å². The Morgan fingerprint density at radius 2 is 1.81 bits per heavy atom. The largest absolute Gasteiger partial charge is 0.273 e. The molecule has 5 nitrogen and oxygen atoms in total. The quantitative estimate of drug-likeness (QED) is 0.476. The molecule has 0 aliphatic rings. The zero-order valence-electron chi connectivity index (χ0n) is 15.2. The van der Waals surface area contributed by atoms with E-state index in [1.165, 1.54) is 4.70 Å². The van der Waals surface area contributed by atoms with Gasteiger partial charge in [0, 0.05) is 17.7 Å². The summed E-state index contributed by atoms with van der Waals surface area (Å²) in [6.07, 6.45) is 0.377. The Morgan fingerprint density at radius 3 is 2.52 bits per heavy atom. The lowest BCUT2D eigenvalue weighted by atomic mass is 10.1. The first kappa shape index (κ1) is 19.4. The third kappa shape index (κ3) is 5.55. The second-order valence-corrected chi connectivity index (χ2v) is 8.79. The Balaban J connectivity index is 1.52. The van der Waals surface area contributed by atoms with Crippen molar-refractivity contribution in [2.45, 2.75) is 30.4 Å². The van der Waals surface area contributed by atoms with Crippen molar-refractivity contribution >= 4 is 45.1 Å². The molecule has 0 aliphatic carbocycles. The molecule has 0 aliphatic heterocycles. The van der Waals surface area contributed by atoms with E-state index < -0.39 is 0 Å². The summed E-state index contributed by atoms with van der Waals surface area (Å²) in [7, 11) is 0. The number of hydrogen-bond acceptors (Lipinski definition) is 5. The summed E-state index contributed by atoms with van der Waals surface area (Å²) in [6.45, 7) is 3.90. The van der Waals surface area contributed by atoms with Crippen molar-refractivity contribution in [1.82, 2.24) is 15.8 Å². The number of thioether (sulfide) groups is 1. The van der Waals surface area contributed by atoms with Crippen molar-refractivity contribution in [2.75, 3.05) is 0 Å². The molecular formula is C20H21N3O2S2. The average Bonchev–Trinajstić information content (AvgIpc) is 3.07. The number of aromatic nitrogens is 1. The monoisotopic (exact) mass is 399 g/mol. The molecule has 0 saturated carbocycles. The number of benzene rings is 2. The van der Waals surface area contributed by atoms with Crippen molar-refractivity contribution in [3.05, 3.63) is 59.7 Å². The molecule has 0 radical (unpaired) electrons. The van der Waals surface area contributed by atoms with E-state index in [1.807, 2.05) is 44.2 Å². The Hall–Kier alpha value is -2.38. The maximum atomic E-state index is 12.1. The third-order valence-electron chi connectivity index (χ3n) is 3.76. The molecule has 0 spiro atoms. The molecule has 0 fully saturated rings. The Morgan fingerprint density at radius 1 is 1.07 bits per heavy atom. The third-order valence-corrected chi connectivity index (χ3v) is 6.01. The highest BCUT2D eigenvalue weighted by Gasteiger charge is 2.09. The number of fused-ring (bicyclic) bond motifs is 1. The molecule has 3 aromatic rings. The molecule has 2 amide bonds. The highest BCUT2D eigenvalue weighted by Crippen LogP contribution is 2.31. The normalized spacial score (nSPS) is 10.9. The van der Waals surface area contributed by atoms with Gasteiger partial charge in [-0.2, -0.15) is 0 Å². The van der Waals surface area contributed by atoms with Crippen molar-refractivity contribution in [2.24, 2.45) is 5.92 Å². The van der Waals surface area contributed by atoms with Crippen LogP contribution in [-0.4, -0.2) is 16.8 Å². The Labute approximate surface area is 166 Å². The van der Waals surface area contributed by atoms with E-state index in [0.29, 0.717) is 12.0 Å². The standard InChI is InChI=1S/C20H21N3O2S2/c1-13(2)11-18(24)22-23-19(25)15-9-7-14(8-10-15)12-26-20-21-16-5-3-4-6-17(16)27-20/h3-10,13H,11-12H2,1-2H3,(H,22,24)(H,23,25). The van der Waals surface area contributed by atoms with E-state index in [1.54, 1.807) is 35.2 Å². The summed E-state index contributed by atoms with van der Waals surface area (Å²) in [5, 5.41) is 0. The number of carbonyl (C=O) groups excluding carboxylic acids is 2. The van der Waals surface area contributed by atoms with Gasteiger partial charge < -0.3 is 0 Å². The van der Waals surface area contributed by atoms with Crippen LogP contribution >= 0.6 is 23.1 Å². The van der Waals surface area contributed by atoms with E-state index in [9.17, 15) is 9.59 Å². The number of nitrogens with one attached hydrogen (secondary N) is 2. The summed E-state index contributed by atoms with van der Waals surface area (Å²) < 4.78 is 2.22. The van der Waals surface area contributed by atoms with Crippen LogP contribution in [0.3, 0.4) is 0 Å². The maximum Gasteiger partial charge on any atom is 0.269 e. The number of para-hydroxylation sites is 1. The van der Waals surface area contributed by atoms with Crippen LogP contribution in [0.2, 0.25) is 0 Å². The minimum absolute atomic E-state index is 0.192. The molecule has 0 unspecified atom stereocenters. The lowest BCUT2D eigenvalue weighted by Gasteiger charge is -2.09. The average molecular weight is 400 g/mol. The summed E-state index contributed by atoms with van der Waals surface area (Å²) in [4.78, 5) is 28.3. The highest BCUT2D eigenvalue weighted by molar-refractivity contribution is 8.00. The predicted molar refractivity (Wildman–Crippen MR) is 111 cm³/mol. The molecule has 1 heterocycles. The van der Waals surface area contributed by atoms with E-state index in [-0.39, 0.29) is 17.7 Å². The SMILES string of the molecule is CC(C)CC(=O)NNC(=O)c1ccc(CSc2nc3ccccc3s2)cc1. The molecule has 0 saturated heterocycles. The molecule has 3 rings (SSSR count). The van der Waals surface area contributed by atoms with Gasteiger partial charge in [0.2, 0.25) is 5.91 Å². The van der Waals surface area contributed by atoms with Crippen LogP contribution < -0.4 is 10.9 Å². The molecule has 0 bridgehead atoms. The van der Waals surface area contributed by atoms with E-state index in [0.717, 1.165) is 21.2 Å². The van der Waals surface area contributed by atoms with Crippen LogP contribution in [0.4, 0.5) is 0 Å². The number of thiazole rings is 1. The first-order chi connectivity index (χ1) is 13.0. The summed E-state index contributed by atoms with van der Waals surface area (Å²) in [6, 6.07) is 15.5. The van der Waals surface area contributed by atoms with Crippen LogP contribution in [0.1, 0.15) is 36.2 Å². The van der Waals surface area contributed by atoms with Crippen molar-refractivity contribution < 1.29 is 9.59 Å². The van der Waals surface area contributed by atoms with E-state index in [2.05, 4.69) is 21.9 Å². The molecule has 27 heavy (non-hydrogen) atoms. The van der Waals surface area contributed by atoms with Gasteiger partial charge in [-0.25, -0.2) is 4.98 Å². The van der Waals surface area contributed by atoms with Gasteiger partial charge in [0.15, 0.2) is 4.34 Å². The van der Waals surface area contributed by atoms with Gasteiger partial charge in [-0.15, -0.1) is 11.3 Å². The predicted octanol–water partition coefficient (Wildman–Crippen LogP) is 4.40. The van der Waals surface area contributed by atoms with Gasteiger partial charge in [-0.1, -0.05) is 49.9 Å². The van der Waals surface area contributed by atoms with Gasteiger partial charge in [0.1, 0.15) is 0 Å². The van der Waals surface area contributed by atoms with Gasteiger partial charge >= 0.3 is 0 Å². The Kier molecular flexibility index (Phi) is 6.47.